The van der Waals surface area contributed by atoms with Crippen LogP contribution in [0.3, 0.4) is 0 Å². The highest BCUT2D eigenvalue weighted by molar-refractivity contribution is 7.92. The zero-order valence-corrected chi connectivity index (χ0v) is 22.6. The molecule has 39 heavy (non-hydrogen) atoms. The van der Waals surface area contributed by atoms with E-state index < -0.39 is 38.3 Å². The van der Waals surface area contributed by atoms with Gasteiger partial charge in [0.1, 0.15) is 5.82 Å². The molecule has 0 saturated heterocycles. The topological polar surface area (TPSA) is 120 Å². The SMILES string of the molecule is COc1ccc(S(=O)(=O)Nc2ccc(F)c(-c3ccc4nc(NC(=O)C(C)(C)C)ncc4c3)c2F)cc1OC. The molecule has 0 atom stereocenters. The Morgan fingerprint density at radius 1 is 0.949 bits per heavy atom. The molecule has 3 aromatic carbocycles. The van der Waals surface area contributed by atoms with Crippen molar-refractivity contribution in [1.82, 2.24) is 9.97 Å². The number of halogens is 2. The second-order valence-electron chi connectivity index (χ2n) is 9.58. The second kappa shape index (κ2) is 10.4. The highest BCUT2D eigenvalue weighted by atomic mass is 32.2. The zero-order chi connectivity index (χ0) is 28.5. The number of anilines is 2. The van der Waals surface area contributed by atoms with Crippen LogP contribution in [0.15, 0.2) is 59.6 Å². The van der Waals surface area contributed by atoms with E-state index >= 15 is 4.39 Å². The van der Waals surface area contributed by atoms with Crippen molar-refractivity contribution in [3.8, 4) is 22.6 Å². The van der Waals surface area contributed by atoms with Crippen LogP contribution in [0.1, 0.15) is 20.8 Å². The van der Waals surface area contributed by atoms with Crippen LogP contribution in [0.4, 0.5) is 20.4 Å². The first-order chi connectivity index (χ1) is 18.3. The van der Waals surface area contributed by atoms with Gasteiger partial charge in [-0.25, -0.2) is 27.2 Å². The number of carbonyl (C=O) groups excluding carboxylic acids is 1. The lowest BCUT2D eigenvalue weighted by Gasteiger charge is -2.16. The van der Waals surface area contributed by atoms with Gasteiger partial charge >= 0.3 is 0 Å². The molecular weight excluding hydrogens is 530 g/mol. The maximum Gasteiger partial charge on any atom is 0.262 e. The van der Waals surface area contributed by atoms with E-state index in [0.717, 1.165) is 12.1 Å². The molecular formula is C27H26F2N4O5S. The Balaban J connectivity index is 1.68. The molecule has 0 saturated carbocycles. The van der Waals surface area contributed by atoms with Crippen molar-refractivity contribution in [3.63, 3.8) is 0 Å². The number of benzene rings is 3. The molecule has 204 valence electrons. The number of rotatable bonds is 7. The van der Waals surface area contributed by atoms with Gasteiger partial charge in [0, 0.05) is 23.1 Å². The Morgan fingerprint density at radius 2 is 1.67 bits per heavy atom. The number of sulfonamides is 1. The van der Waals surface area contributed by atoms with Crippen LogP contribution in [0, 0.1) is 17.0 Å². The van der Waals surface area contributed by atoms with Gasteiger partial charge in [0.15, 0.2) is 17.3 Å². The number of nitrogens with zero attached hydrogens (tertiary/aromatic N) is 2. The predicted molar refractivity (Wildman–Crippen MR) is 143 cm³/mol. The molecule has 0 aliphatic heterocycles. The number of ether oxygens (including phenoxy) is 2. The summed E-state index contributed by atoms with van der Waals surface area (Å²) in [4.78, 5) is 20.4. The number of hydrogen-bond donors (Lipinski definition) is 2. The van der Waals surface area contributed by atoms with E-state index in [0.29, 0.717) is 16.7 Å². The quantitative estimate of drug-likeness (QED) is 0.314. The normalized spacial score (nSPS) is 11.8. The first-order valence-electron chi connectivity index (χ1n) is 11.7. The number of aromatic nitrogens is 2. The average Bonchev–Trinajstić information content (AvgIpc) is 2.89. The summed E-state index contributed by atoms with van der Waals surface area (Å²) in [5, 5.41) is 3.09. The molecule has 0 radical (unpaired) electrons. The summed E-state index contributed by atoms with van der Waals surface area (Å²) in [6.07, 6.45) is 1.42. The number of fused-ring (bicyclic) bond motifs is 1. The smallest absolute Gasteiger partial charge is 0.262 e. The Bertz CT molecular complexity index is 1690. The van der Waals surface area contributed by atoms with E-state index in [9.17, 15) is 17.6 Å². The highest BCUT2D eigenvalue weighted by Crippen LogP contribution is 2.34. The molecule has 12 heteroatoms. The molecule has 1 heterocycles. The second-order valence-corrected chi connectivity index (χ2v) is 11.3. The van der Waals surface area contributed by atoms with Gasteiger partial charge in [-0.3, -0.25) is 14.8 Å². The lowest BCUT2D eigenvalue weighted by molar-refractivity contribution is -0.123. The summed E-state index contributed by atoms with van der Waals surface area (Å²) in [5.41, 5.74) is -0.959. The first kappa shape index (κ1) is 27.7. The Labute approximate surface area is 224 Å². The van der Waals surface area contributed by atoms with Crippen LogP contribution in [0.2, 0.25) is 0 Å². The van der Waals surface area contributed by atoms with Gasteiger partial charge < -0.3 is 9.47 Å². The maximum absolute atomic E-state index is 15.6. The molecule has 9 nitrogen and oxygen atoms in total. The van der Waals surface area contributed by atoms with E-state index in [1.807, 2.05) is 0 Å². The molecule has 4 rings (SSSR count). The molecule has 0 aliphatic rings. The van der Waals surface area contributed by atoms with Gasteiger partial charge in [-0.1, -0.05) is 26.8 Å². The first-order valence-corrected chi connectivity index (χ1v) is 13.1. The third-order valence-corrected chi connectivity index (χ3v) is 7.14. The van der Waals surface area contributed by atoms with Crippen molar-refractivity contribution >= 4 is 38.5 Å². The van der Waals surface area contributed by atoms with Crippen molar-refractivity contribution in [3.05, 3.63) is 66.4 Å². The van der Waals surface area contributed by atoms with Crippen molar-refractivity contribution in [2.24, 2.45) is 5.41 Å². The molecule has 1 aromatic heterocycles. The van der Waals surface area contributed by atoms with Crippen LogP contribution in [0.5, 0.6) is 11.5 Å². The lowest BCUT2D eigenvalue weighted by atomic mass is 9.96. The molecule has 1 amide bonds. The number of nitrogens with one attached hydrogen (secondary N) is 2. The molecule has 2 N–H and O–H groups in total. The maximum atomic E-state index is 15.6. The van der Waals surface area contributed by atoms with Gasteiger partial charge in [-0.15, -0.1) is 0 Å². The number of carbonyl (C=O) groups is 1. The summed E-state index contributed by atoms with van der Waals surface area (Å²) in [7, 11) is -1.51. The largest absolute Gasteiger partial charge is 0.493 e. The van der Waals surface area contributed by atoms with Crippen molar-refractivity contribution in [2.45, 2.75) is 25.7 Å². The van der Waals surface area contributed by atoms with Crippen LogP contribution >= 0.6 is 0 Å². The summed E-state index contributed by atoms with van der Waals surface area (Å²) >= 11 is 0. The van der Waals surface area contributed by atoms with Gasteiger partial charge in [0.25, 0.3) is 10.0 Å². The fraction of sp³-hybridized carbons (Fsp3) is 0.222. The van der Waals surface area contributed by atoms with Crippen LogP contribution in [-0.4, -0.2) is 38.5 Å². The monoisotopic (exact) mass is 556 g/mol. The van der Waals surface area contributed by atoms with Crippen LogP contribution in [0.25, 0.3) is 22.0 Å². The molecule has 0 aliphatic carbocycles. The minimum atomic E-state index is -4.27. The van der Waals surface area contributed by atoms with Gasteiger partial charge in [0.2, 0.25) is 11.9 Å². The predicted octanol–water partition coefficient (Wildman–Crippen LogP) is 5.38. The summed E-state index contributed by atoms with van der Waals surface area (Å²) in [6, 6.07) is 10.3. The van der Waals surface area contributed by atoms with E-state index in [1.165, 1.54) is 56.8 Å². The summed E-state index contributed by atoms with van der Waals surface area (Å²) in [5.74, 6) is -1.69. The number of methoxy groups -OCH3 is 2. The minimum absolute atomic E-state index is 0.0964. The third-order valence-electron chi connectivity index (χ3n) is 5.78. The summed E-state index contributed by atoms with van der Waals surface area (Å²) in [6.45, 7) is 5.25. The van der Waals surface area contributed by atoms with E-state index in [2.05, 4.69) is 20.0 Å². The van der Waals surface area contributed by atoms with Gasteiger partial charge in [-0.2, -0.15) is 0 Å². The van der Waals surface area contributed by atoms with Crippen LogP contribution < -0.4 is 19.5 Å². The Kier molecular flexibility index (Phi) is 7.42. The molecule has 0 spiro atoms. The van der Waals surface area contributed by atoms with E-state index in [4.69, 9.17) is 9.47 Å². The standard InChI is InChI=1S/C27H26F2N4O5S/c1-27(2,3)25(34)32-26-30-14-16-12-15(6-9-19(16)31-26)23-18(28)8-10-20(24(23)29)33-39(35,36)17-7-11-21(37-4)22(13-17)38-5/h6-14,33H,1-5H3,(H,30,31,32,34). The Morgan fingerprint density at radius 3 is 2.33 bits per heavy atom. The number of amides is 1. The van der Waals surface area contributed by atoms with E-state index in [-0.39, 0.29) is 28.1 Å². The van der Waals surface area contributed by atoms with Crippen LogP contribution in [-0.2, 0) is 14.8 Å². The van der Waals surface area contributed by atoms with E-state index in [1.54, 1.807) is 20.8 Å². The number of hydrogen-bond acceptors (Lipinski definition) is 7. The fourth-order valence-electron chi connectivity index (χ4n) is 3.62. The average molecular weight is 557 g/mol. The van der Waals surface area contributed by atoms with Crippen molar-refractivity contribution < 1.29 is 31.5 Å². The molecule has 0 unspecified atom stereocenters. The minimum Gasteiger partial charge on any atom is -0.493 e. The van der Waals surface area contributed by atoms with Crippen molar-refractivity contribution in [1.29, 1.82) is 0 Å². The summed E-state index contributed by atoms with van der Waals surface area (Å²) < 4.78 is 68.8. The lowest BCUT2D eigenvalue weighted by Crippen LogP contribution is -2.28. The molecule has 0 fully saturated rings. The third kappa shape index (κ3) is 5.75. The van der Waals surface area contributed by atoms with Gasteiger partial charge in [0.05, 0.1) is 35.9 Å². The fourth-order valence-corrected chi connectivity index (χ4v) is 4.70. The van der Waals surface area contributed by atoms with Gasteiger partial charge in [-0.05, 0) is 42.0 Å². The molecule has 0 bridgehead atoms. The zero-order valence-electron chi connectivity index (χ0n) is 21.8. The highest BCUT2D eigenvalue weighted by Gasteiger charge is 2.24. The molecule has 4 aromatic rings. The Hall–Kier alpha value is -4.32. The van der Waals surface area contributed by atoms with Crippen molar-refractivity contribution in [2.75, 3.05) is 24.3 Å².